The molecule has 0 bridgehead atoms. The van der Waals surface area contributed by atoms with Crippen LogP contribution in [0.5, 0.6) is 0 Å². The molecule has 1 fully saturated rings. The zero-order valence-corrected chi connectivity index (χ0v) is 9.35. The molecule has 0 aliphatic heterocycles. The fraction of sp³-hybridized carbons (Fsp3) is 1.00. The molecule has 0 aromatic rings. The smallest absolute Gasteiger partial charge is 0.261 e. The first-order chi connectivity index (χ1) is 7.24. The number of rotatable bonds is 5. The summed E-state index contributed by atoms with van der Waals surface area (Å²) in [5.74, 6) is 0. The Labute approximate surface area is 90.4 Å². The third kappa shape index (κ3) is 4.89. The van der Waals surface area contributed by atoms with Crippen LogP contribution in [-0.4, -0.2) is 31.7 Å². The summed E-state index contributed by atoms with van der Waals surface area (Å²) < 4.78 is 29.4. The Morgan fingerprint density at radius 2 is 2.00 bits per heavy atom. The molecule has 0 radical (unpaired) electrons. The summed E-state index contributed by atoms with van der Waals surface area (Å²) in [6.07, 6.45) is 3.03. The Kier molecular flexibility index (Phi) is 6.10. The van der Waals surface area contributed by atoms with Crippen LogP contribution in [0.3, 0.4) is 0 Å². The lowest BCUT2D eigenvalue weighted by molar-refractivity contribution is -0.0399. The van der Waals surface area contributed by atoms with E-state index in [0.29, 0.717) is 0 Å². The van der Waals surface area contributed by atoms with Gasteiger partial charge in [0.1, 0.15) is 6.61 Å². The molecule has 90 valence electrons. The van der Waals surface area contributed by atoms with Crippen molar-refractivity contribution < 1.29 is 13.5 Å². The molecule has 2 nitrogen and oxygen atoms in total. The van der Waals surface area contributed by atoms with Gasteiger partial charge in [-0.15, -0.1) is 0 Å². The molecule has 0 aromatic carbocycles. The molecule has 1 rings (SSSR count). The van der Waals surface area contributed by atoms with Crippen molar-refractivity contribution >= 4 is 0 Å². The van der Waals surface area contributed by atoms with Gasteiger partial charge in [0.25, 0.3) is 6.43 Å². The molecule has 2 atom stereocenters. The summed E-state index contributed by atoms with van der Waals surface area (Å²) in [6, 6.07) is 0.260. The van der Waals surface area contributed by atoms with E-state index in [1.54, 1.807) is 0 Å². The third-order valence-corrected chi connectivity index (χ3v) is 2.86. The predicted molar refractivity (Wildman–Crippen MR) is 56.3 cm³/mol. The van der Waals surface area contributed by atoms with Crippen LogP contribution in [0.4, 0.5) is 8.78 Å². The van der Waals surface area contributed by atoms with E-state index in [1.165, 1.54) is 12.8 Å². The Morgan fingerprint density at radius 3 is 2.67 bits per heavy atom. The summed E-state index contributed by atoms with van der Waals surface area (Å²) in [5.41, 5.74) is 0. The van der Waals surface area contributed by atoms with Gasteiger partial charge in [0, 0.05) is 6.04 Å². The predicted octanol–water partition coefficient (Wildman–Crippen LogP) is 2.58. The van der Waals surface area contributed by atoms with Gasteiger partial charge < -0.3 is 10.1 Å². The number of ether oxygens (including phenoxy) is 1. The fourth-order valence-corrected chi connectivity index (χ4v) is 2.17. The van der Waals surface area contributed by atoms with E-state index in [9.17, 15) is 8.78 Å². The zero-order chi connectivity index (χ0) is 11.1. The molecule has 2 unspecified atom stereocenters. The van der Waals surface area contributed by atoms with Crippen molar-refractivity contribution in [2.75, 3.05) is 13.2 Å². The average Bonchev–Trinajstić information content (AvgIpc) is 2.41. The van der Waals surface area contributed by atoms with Gasteiger partial charge in [-0.3, -0.25) is 0 Å². The maximum absolute atomic E-state index is 12.1. The highest BCUT2D eigenvalue weighted by Gasteiger charge is 2.24. The number of halogens is 2. The largest absolute Gasteiger partial charge is 0.371 e. The van der Waals surface area contributed by atoms with Gasteiger partial charge in [-0.2, -0.15) is 0 Å². The first kappa shape index (κ1) is 12.8. The molecule has 0 spiro atoms. The summed E-state index contributed by atoms with van der Waals surface area (Å²) in [6.45, 7) is 2.49. The average molecular weight is 221 g/mol. The highest BCUT2D eigenvalue weighted by molar-refractivity contribution is 4.80. The monoisotopic (exact) mass is 221 g/mol. The minimum absolute atomic E-state index is 0.0264. The first-order valence-electron chi connectivity index (χ1n) is 5.87. The van der Waals surface area contributed by atoms with E-state index in [2.05, 4.69) is 5.32 Å². The normalized spacial score (nSPS) is 28.0. The summed E-state index contributed by atoms with van der Waals surface area (Å²) >= 11 is 0. The summed E-state index contributed by atoms with van der Waals surface area (Å²) in [4.78, 5) is 0. The lowest BCUT2D eigenvalue weighted by Gasteiger charge is -2.25. The van der Waals surface area contributed by atoms with Crippen molar-refractivity contribution in [2.45, 2.75) is 57.6 Å². The molecule has 1 saturated carbocycles. The maximum Gasteiger partial charge on any atom is 0.261 e. The highest BCUT2D eigenvalue weighted by Crippen LogP contribution is 2.21. The Balaban J connectivity index is 2.39. The summed E-state index contributed by atoms with van der Waals surface area (Å²) in [7, 11) is 0. The first-order valence-corrected chi connectivity index (χ1v) is 5.87. The van der Waals surface area contributed by atoms with Crippen LogP contribution in [0.1, 0.15) is 39.0 Å². The van der Waals surface area contributed by atoms with E-state index >= 15 is 0 Å². The minimum atomic E-state index is -2.35. The van der Waals surface area contributed by atoms with Crippen molar-refractivity contribution in [2.24, 2.45) is 0 Å². The molecular formula is C11H21F2NO. The lowest BCUT2D eigenvalue weighted by Crippen LogP contribution is -2.41. The van der Waals surface area contributed by atoms with Gasteiger partial charge in [0.15, 0.2) is 0 Å². The molecule has 1 aliphatic rings. The standard InChI is InChI=1S/C11H21F2NO/c1-2-14-9-6-4-3-5-7-10(9)15-8-11(12)13/h9-11,14H,2-8H2,1H3. The molecule has 0 amide bonds. The summed E-state index contributed by atoms with van der Waals surface area (Å²) in [5, 5.41) is 3.33. The zero-order valence-electron chi connectivity index (χ0n) is 9.35. The van der Waals surface area contributed by atoms with Gasteiger partial charge in [-0.25, -0.2) is 8.78 Å². The van der Waals surface area contributed by atoms with Crippen molar-refractivity contribution in [3.63, 3.8) is 0 Å². The van der Waals surface area contributed by atoms with Crippen LogP contribution >= 0.6 is 0 Å². The Morgan fingerprint density at radius 1 is 1.27 bits per heavy atom. The van der Waals surface area contributed by atoms with Gasteiger partial charge in [0.05, 0.1) is 6.10 Å². The van der Waals surface area contributed by atoms with Crippen LogP contribution < -0.4 is 5.32 Å². The van der Waals surface area contributed by atoms with Crippen LogP contribution in [0.25, 0.3) is 0 Å². The number of nitrogens with one attached hydrogen (secondary N) is 1. The fourth-order valence-electron chi connectivity index (χ4n) is 2.17. The number of likely N-dealkylation sites (N-methyl/N-ethyl adjacent to an activating group) is 1. The third-order valence-electron chi connectivity index (χ3n) is 2.86. The maximum atomic E-state index is 12.1. The second-order valence-electron chi connectivity index (χ2n) is 4.07. The number of alkyl halides is 2. The van der Waals surface area contributed by atoms with Crippen LogP contribution in [0.15, 0.2) is 0 Å². The van der Waals surface area contributed by atoms with Crippen LogP contribution in [-0.2, 0) is 4.74 Å². The van der Waals surface area contributed by atoms with Crippen molar-refractivity contribution in [1.82, 2.24) is 5.32 Å². The van der Waals surface area contributed by atoms with Gasteiger partial charge in [-0.1, -0.05) is 26.2 Å². The lowest BCUT2D eigenvalue weighted by atomic mass is 10.1. The van der Waals surface area contributed by atoms with Gasteiger partial charge in [-0.05, 0) is 19.4 Å². The number of hydrogen-bond donors (Lipinski definition) is 1. The topological polar surface area (TPSA) is 21.3 Å². The molecule has 1 N–H and O–H groups in total. The van der Waals surface area contributed by atoms with E-state index in [-0.39, 0.29) is 12.1 Å². The van der Waals surface area contributed by atoms with Gasteiger partial charge >= 0.3 is 0 Å². The van der Waals surface area contributed by atoms with E-state index in [4.69, 9.17) is 4.74 Å². The number of hydrogen-bond acceptors (Lipinski definition) is 2. The SMILES string of the molecule is CCNC1CCCCCC1OCC(F)F. The second kappa shape index (κ2) is 7.12. The highest BCUT2D eigenvalue weighted by atomic mass is 19.3. The van der Waals surface area contributed by atoms with Crippen LogP contribution in [0, 0.1) is 0 Å². The van der Waals surface area contributed by atoms with Crippen molar-refractivity contribution in [3.05, 3.63) is 0 Å². The molecule has 1 aliphatic carbocycles. The quantitative estimate of drug-likeness (QED) is 0.720. The van der Waals surface area contributed by atoms with Crippen LogP contribution in [0.2, 0.25) is 0 Å². The Hall–Kier alpha value is -0.220. The van der Waals surface area contributed by atoms with Gasteiger partial charge in [0.2, 0.25) is 0 Å². The minimum Gasteiger partial charge on any atom is -0.371 e. The Bertz CT molecular complexity index is 167. The van der Waals surface area contributed by atoms with E-state index in [0.717, 1.165) is 25.8 Å². The second-order valence-corrected chi connectivity index (χ2v) is 4.07. The molecule has 15 heavy (non-hydrogen) atoms. The van der Waals surface area contributed by atoms with Crippen molar-refractivity contribution in [1.29, 1.82) is 0 Å². The van der Waals surface area contributed by atoms with E-state index < -0.39 is 13.0 Å². The van der Waals surface area contributed by atoms with E-state index in [1.807, 2.05) is 6.92 Å². The molecule has 0 heterocycles. The molecule has 0 aromatic heterocycles. The molecule has 0 saturated heterocycles. The van der Waals surface area contributed by atoms with Crippen molar-refractivity contribution in [3.8, 4) is 0 Å². The molecular weight excluding hydrogens is 200 g/mol. The molecule has 4 heteroatoms.